The summed E-state index contributed by atoms with van der Waals surface area (Å²) in [5.41, 5.74) is 5.57. The number of rotatable bonds is 4. The van der Waals surface area contributed by atoms with E-state index in [1.54, 1.807) is 51.1 Å². The number of carboxylic acids is 1. The molecule has 0 fully saturated rings. The van der Waals surface area contributed by atoms with Gasteiger partial charge in [-0.3, -0.25) is 4.79 Å². The predicted octanol–water partition coefficient (Wildman–Crippen LogP) is 1.66. The van der Waals surface area contributed by atoms with E-state index in [0.717, 1.165) is 0 Å². The van der Waals surface area contributed by atoms with Gasteiger partial charge in [-0.1, -0.05) is 30.3 Å². The number of benzene rings is 1. The Morgan fingerprint density at radius 1 is 1.25 bits per heavy atom. The van der Waals surface area contributed by atoms with Gasteiger partial charge in [0.1, 0.15) is 11.6 Å². The molecule has 1 rings (SSSR count). The highest BCUT2D eigenvalue weighted by Gasteiger charge is 2.29. The summed E-state index contributed by atoms with van der Waals surface area (Å²) >= 11 is 0. The van der Waals surface area contributed by atoms with E-state index < -0.39 is 29.7 Å². The fourth-order valence-electron chi connectivity index (χ4n) is 1.62. The number of carbonyl (C=O) groups is 2. The van der Waals surface area contributed by atoms with Gasteiger partial charge in [0.05, 0.1) is 6.04 Å². The summed E-state index contributed by atoms with van der Waals surface area (Å²) in [7, 11) is 0. The highest BCUT2D eigenvalue weighted by molar-refractivity contribution is 5.76. The van der Waals surface area contributed by atoms with E-state index in [2.05, 4.69) is 5.32 Å². The van der Waals surface area contributed by atoms with Crippen molar-refractivity contribution >= 4 is 12.1 Å². The van der Waals surface area contributed by atoms with Crippen LogP contribution in [0.4, 0.5) is 4.79 Å². The summed E-state index contributed by atoms with van der Waals surface area (Å²) in [6.07, 6.45) is -0.706. The van der Waals surface area contributed by atoms with Crippen molar-refractivity contribution in [2.24, 2.45) is 5.73 Å². The first-order valence-electron chi connectivity index (χ1n) is 6.23. The zero-order valence-electron chi connectivity index (χ0n) is 11.8. The molecule has 0 bridgehead atoms. The topological polar surface area (TPSA) is 102 Å². The lowest BCUT2D eigenvalue weighted by atomic mass is 10.0. The predicted molar refractivity (Wildman–Crippen MR) is 74.2 cm³/mol. The van der Waals surface area contributed by atoms with Crippen LogP contribution < -0.4 is 11.1 Å². The molecule has 6 heteroatoms. The molecule has 0 heterocycles. The molecule has 4 N–H and O–H groups in total. The molecule has 0 radical (unpaired) electrons. The van der Waals surface area contributed by atoms with Gasteiger partial charge in [-0.15, -0.1) is 0 Å². The van der Waals surface area contributed by atoms with Crippen molar-refractivity contribution in [3.05, 3.63) is 35.9 Å². The lowest BCUT2D eigenvalue weighted by Gasteiger charge is -2.25. The van der Waals surface area contributed by atoms with Crippen LogP contribution in [-0.2, 0) is 9.53 Å². The number of carbonyl (C=O) groups excluding carboxylic acids is 1. The van der Waals surface area contributed by atoms with Crippen LogP contribution in [0.1, 0.15) is 32.4 Å². The second kappa shape index (κ2) is 6.38. The second-order valence-corrected chi connectivity index (χ2v) is 5.40. The number of carboxylic acid groups (broad SMARTS) is 1. The number of aliphatic carboxylic acids is 1. The monoisotopic (exact) mass is 280 g/mol. The Balaban J connectivity index is 2.90. The Morgan fingerprint density at radius 3 is 2.25 bits per heavy atom. The van der Waals surface area contributed by atoms with E-state index in [-0.39, 0.29) is 0 Å². The molecule has 2 atom stereocenters. The van der Waals surface area contributed by atoms with Gasteiger partial charge in [0.2, 0.25) is 0 Å². The first kappa shape index (κ1) is 16.0. The lowest BCUT2D eigenvalue weighted by Crippen LogP contribution is -2.46. The summed E-state index contributed by atoms with van der Waals surface area (Å²) in [5, 5.41) is 11.5. The number of hydrogen-bond donors (Lipinski definition) is 3. The molecule has 0 saturated carbocycles. The molecule has 0 saturated heterocycles. The van der Waals surface area contributed by atoms with Crippen molar-refractivity contribution in [1.29, 1.82) is 0 Å². The minimum atomic E-state index is -1.26. The molecule has 20 heavy (non-hydrogen) atoms. The highest BCUT2D eigenvalue weighted by atomic mass is 16.6. The Kier molecular flexibility index (Phi) is 5.10. The van der Waals surface area contributed by atoms with Crippen LogP contribution in [0.3, 0.4) is 0 Å². The van der Waals surface area contributed by atoms with Crippen molar-refractivity contribution in [1.82, 2.24) is 5.32 Å². The molecule has 6 nitrogen and oxygen atoms in total. The van der Waals surface area contributed by atoms with Crippen LogP contribution in [0, 0.1) is 0 Å². The smallest absolute Gasteiger partial charge is 0.408 e. The van der Waals surface area contributed by atoms with Gasteiger partial charge >= 0.3 is 12.1 Å². The zero-order valence-corrected chi connectivity index (χ0v) is 11.8. The molecule has 0 unspecified atom stereocenters. The van der Waals surface area contributed by atoms with E-state index in [0.29, 0.717) is 5.56 Å². The number of hydrogen-bond acceptors (Lipinski definition) is 4. The van der Waals surface area contributed by atoms with Crippen LogP contribution in [0.25, 0.3) is 0 Å². The zero-order chi connectivity index (χ0) is 15.3. The number of amides is 1. The Labute approximate surface area is 117 Å². The standard InChI is InChI=1S/C14H20N2O4/c1-14(2,3)20-13(19)16-11(10(15)12(17)18)9-7-5-4-6-8-9/h4-8,10-11H,15H2,1-3H3,(H,16,19)(H,17,18)/t10-,11+/m0/s1. The molecule has 1 aromatic rings. The van der Waals surface area contributed by atoms with Gasteiger partial charge in [0.25, 0.3) is 0 Å². The summed E-state index contributed by atoms with van der Waals surface area (Å²) in [6.45, 7) is 5.17. The maximum absolute atomic E-state index is 11.8. The lowest BCUT2D eigenvalue weighted by molar-refractivity contribution is -0.139. The summed E-state index contributed by atoms with van der Waals surface area (Å²) in [4.78, 5) is 22.9. The van der Waals surface area contributed by atoms with Crippen molar-refractivity contribution < 1.29 is 19.4 Å². The first-order valence-corrected chi connectivity index (χ1v) is 6.23. The molecular formula is C14H20N2O4. The van der Waals surface area contributed by atoms with Crippen molar-refractivity contribution in [2.45, 2.75) is 38.5 Å². The van der Waals surface area contributed by atoms with E-state index in [1.807, 2.05) is 0 Å². The second-order valence-electron chi connectivity index (χ2n) is 5.40. The maximum Gasteiger partial charge on any atom is 0.408 e. The third kappa shape index (κ3) is 4.89. The fourth-order valence-corrected chi connectivity index (χ4v) is 1.62. The van der Waals surface area contributed by atoms with Crippen LogP contribution >= 0.6 is 0 Å². The fraction of sp³-hybridized carbons (Fsp3) is 0.429. The summed E-state index contributed by atoms with van der Waals surface area (Å²) < 4.78 is 5.12. The molecule has 0 aliphatic heterocycles. The Bertz CT molecular complexity index is 468. The van der Waals surface area contributed by atoms with Crippen molar-refractivity contribution in [2.75, 3.05) is 0 Å². The molecule has 1 amide bonds. The average Bonchev–Trinajstić information content (AvgIpc) is 2.34. The average molecular weight is 280 g/mol. The first-order chi connectivity index (χ1) is 9.20. The number of alkyl carbamates (subject to hydrolysis) is 1. The number of nitrogens with two attached hydrogens (primary N) is 1. The molecule has 1 aromatic carbocycles. The largest absolute Gasteiger partial charge is 0.480 e. The molecule has 110 valence electrons. The Morgan fingerprint density at radius 2 is 1.80 bits per heavy atom. The van der Waals surface area contributed by atoms with Crippen LogP contribution in [0.15, 0.2) is 30.3 Å². The van der Waals surface area contributed by atoms with E-state index in [9.17, 15) is 9.59 Å². The van der Waals surface area contributed by atoms with Crippen molar-refractivity contribution in [3.63, 3.8) is 0 Å². The van der Waals surface area contributed by atoms with Gasteiger partial charge in [-0.05, 0) is 26.3 Å². The summed E-state index contributed by atoms with van der Waals surface area (Å²) in [5.74, 6) is -1.20. The number of ether oxygens (including phenoxy) is 1. The highest BCUT2D eigenvalue weighted by Crippen LogP contribution is 2.17. The van der Waals surface area contributed by atoms with Gasteiger partial charge in [0, 0.05) is 0 Å². The molecule has 0 aliphatic carbocycles. The van der Waals surface area contributed by atoms with Gasteiger partial charge in [-0.25, -0.2) is 4.79 Å². The third-order valence-corrected chi connectivity index (χ3v) is 2.48. The number of nitrogens with one attached hydrogen (secondary N) is 1. The molecule has 0 aliphatic rings. The van der Waals surface area contributed by atoms with Gasteiger partial charge < -0.3 is 20.9 Å². The minimum Gasteiger partial charge on any atom is -0.480 e. The van der Waals surface area contributed by atoms with Crippen LogP contribution in [0.5, 0.6) is 0 Å². The third-order valence-electron chi connectivity index (χ3n) is 2.48. The maximum atomic E-state index is 11.8. The van der Waals surface area contributed by atoms with Crippen LogP contribution in [-0.4, -0.2) is 28.8 Å². The van der Waals surface area contributed by atoms with Crippen molar-refractivity contribution in [3.8, 4) is 0 Å². The summed E-state index contributed by atoms with van der Waals surface area (Å²) in [6, 6.07) is 6.56. The molecule has 0 spiro atoms. The van der Waals surface area contributed by atoms with E-state index in [4.69, 9.17) is 15.6 Å². The van der Waals surface area contributed by atoms with Gasteiger partial charge in [-0.2, -0.15) is 0 Å². The van der Waals surface area contributed by atoms with Crippen LogP contribution in [0.2, 0.25) is 0 Å². The SMILES string of the molecule is CC(C)(C)OC(=O)N[C@H](c1ccccc1)[C@H](N)C(=O)O. The normalized spacial score (nSPS) is 14.2. The molecular weight excluding hydrogens is 260 g/mol. The van der Waals surface area contributed by atoms with Gasteiger partial charge in [0.15, 0.2) is 0 Å². The Hall–Kier alpha value is -2.08. The minimum absolute atomic E-state index is 0.605. The van der Waals surface area contributed by atoms with E-state index >= 15 is 0 Å². The van der Waals surface area contributed by atoms with E-state index in [1.165, 1.54) is 0 Å². The molecule has 0 aromatic heterocycles. The quantitative estimate of drug-likeness (QED) is 0.778.